The van der Waals surface area contributed by atoms with Crippen molar-refractivity contribution in [3.63, 3.8) is 0 Å². The van der Waals surface area contributed by atoms with E-state index >= 15 is 0 Å². The lowest BCUT2D eigenvalue weighted by molar-refractivity contribution is -0.164. The molecule has 2 N–H and O–H groups in total. The van der Waals surface area contributed by atoms with Crippen LogP contribution in [0.15, 0.2) is 0 Å². The molecule has 0 bridgehead atoms. The highest BCUT2D eigenvalue weighted by Crippen LogP contribution is 2.58. The van der Waals surface area contributed by atoms with Gasteiger partial charge in [-0.1, -0.05) is 13.8 Å². The third-order valence-corrected chi connectivity index (χ3v) is 6.99. The first kappa shape index (κ1) is 15.7. The van der Waals surface area contributed by atoms with Gasteiger partial charge in [0.15, 0.2) is 0 Å². The SMILES string of the molecule is CN(CC1(N(C)C)CCC1)CC1(N)C2CCOC2C1(C)C. The molecule has 2 aliphatic carbocycles. The molecule has 0 spiro atoms. The van der Waals surface area contributed by atoms with E-state index in [1.54, 1.807) is 0 Å². The first-order chi connectivity index (χ1) is 9.73. The number of rotatable bonds is 5. The Labute approximate surface area is 130 Å². The van der Waals surface area contributed by atoms with E-state index in [-0.39, 0.29) is 11.0 Å². The minimum Gasteiger partial charge on any atom is -0.377 e. The molecule has 0 aromatic carbocycles. The summed E-state index contributed by atoms with van der Waals surface area (Å²) in [5.74, 6) is 0.548. The van der Waals surface area contributed by atoms with Crippen LogP contribution in [0.1, 0.15) is 39.5 Å². The average molecular weight is 295 g/mol. The lowest BCUT2D eigenvalue weighted by Crippen LogP contribution is -2.78. The zero-order valence-corrected chi connectivity index (χ0v) is 14.5. The summed E-state index contributed by atoms with van der Waals surface area (Å²) in [6.45, 7) is 7.59. The summed E-state index contributed by atoms with van der Waals surface area (Å²) < 4.78 is 5.91. The van der Waals surface area contributed by atoms with E-state index < -0.39 is 0 Å². The number of ether oxygens (including phenoxy) is 1. The Kier molecular flexibility index (Phi) is 3.68. The van der Waals surface area contributed by atoms with Gasteiger partial charge in [-0.15, -0.1) is 0 Å². The number of likely N-dealkylation sites (N-methyl/N-ethyl adjacent to an activating group) is 2. The maximum Gasteiger partial charge on any atom is 0.0691 e. The van der Waals surface area contributed by atoms with Gasteiger partial charge in [0.05, 0.1) is 6.10 Å². The van der Waals surface area contributed by atoms with Crippen LogP contribution in [0.4, 0.5) is 0 Å². The van der Waals surface area contributed by atoms with Crippen molar-refractivity contribution in [3.05, 3.63) is 0 Å². The molecule has 0 aromatic heterocycles. The summed E-state index contributed by atoms with van der Waals surface area (Å²) in [5, 5.41) is 0. The molecule has 122 valence electrons. The third-order valence-electron chi connectivity index (χ3n) is 6.99. The van der Waals surface area contributed by atoms with E-state index in [0.29, 0.717) is 17.6 Å². The second-order valence-corrected chi connectivity index (χ2v) is 8.59. The molecule has 21 heavy (non-hydrogen) atoms. The molecule has 0 aromatic rings. The maximum absolute atomic E-state index is 6.89. The second kappa shape index (κ2) is 4.92. The van der Waals surface area contributed by atoms with Crippen LogP contribution in [0, 0.1) is 11.3 Å². The van der Waals surface area contributed by atoms with Crippen molar-refractivity contribution in [2.24, 2.45) is 17.1 Å². The van der Waals surface area contributed by atoms with Crippen LogP contribution in [0.2, 0.25) is 0 Å². The van der Waals surface area contributed by atoms with Crippen LogP contribution in [-0.2, 0) is 4.74 Å². The van der Waals surface area contributed by atoms with Gasteiger partial charge in [0, 0.05) is 42.1 Å². The summed E-state index contributed by atoms with van der Waals surface area (Å²) in [5.41, 5.74) is 7.26. The minimum absolute atomic E-state index is 0.0906. The number of hydrogen-bond donors (Lipinski definition) is 1. The predicted molar refractivity (Wildman–Crippen MR) is 86.3 cm³/mol. The molecule has 0 radical (unpaired) electrons. The lowest BCUT2D eigenvalue weighted by Gasteiger charge is -2.63. The van der Waals surface area contributed by atoms with Gasteiger partial charge in [-0.3, -0.25) is 0 Å². The van der Waals surface area contributed by atoms with Crippen molar-refractivity contribution in [3.8, 4) is 0 Å². The van der Waals surface area contributed by atoms with Crippen LogP contribution in [0.3, 0.4) is 0 Å². The fraction of sp³-hybridized carbons (Fsp3) is 1.00. The molecule has 3 fully saturated rings. The average Bonchev–Trinajstić information content (AvgIpc) is 2.81. The zero-order chi connectivity index (χ0) is 15.5. The van der Waals surface area contributed by atoms with Gasteiger partial charge >= 0.3 is 0 Å². The standard InChI is InChI=1S/C17H33N3O/c1-15(2)14-13(7-10-21-14)17(15,18)12-20(5)11-16(19(3)4)8-6-9-16/h13-14H,6-12,18H2,1-5H3. The van der Waals surface area contributed by atoms with Gasteiger partial charge in [-0.05, 0) is 46.8 Å². The molecular weight excluding hydrogens is 262 g/mol. The fourth-order valence-electron chi connectivity index (χ4n) is 5.13. The molecule has 1 aliphatic heterocycles. The highest BCUT2D eigenvalue weighted by Gasteiger charge is 2.67. The number of nitrogens with two attached hydrogens (primary N) is 1. The minimum atomic E-state index is -0.0971. The number of hydrogen-bond acceptors (Lipinski definition) is 4. The topological polar surface area (TPSA) is 41.7 Å². The number of fused-ring (bicyclic) bond motifs is 1. The lowest BCUT2D eigenvalue weighted by atomic mass is 9.48. The molecule has 0 amide bonds. The predicted octanol–water partition coefficient (Wildman–Crippen LogP) is 1.54. The Balaban J connectivity index is 1.66. The molecule has 3 rings (SSSR count). The van der Waals surface area contributed by atoms with Crippen molar-refractivity contribution in [2.75, 3.05) is 40.8 Å². The van der Waals surface area contributed by atoms with Crippen LogP contribution >= 0.6 is 0 Å². The molecule has 1 saturated heterocycles. The summed E-state index contributed by atoms with van der Waals surface area (Å²) in [6.07, 6.45) is 5.52. The first-order valence-electron chi connectivity index (χ1n) is 8.49. The van der Waals surface area contributed by atoms with Gasteiger partial charge in [-0.2, -0.15) is 0 Å². The summed E-state index contributed by atoms with van der Waals surface area (Å²) >= 11 is 0. The van der Waals surface area contributed by atoms with E-state index in [9.17, 15) is 0 Å². The smallest absolute Gasteiger partial charge is 0.0691 e. The highest BCUT2D eigenvalue weighted by molar-refractivity contribution is 5.21. The number of nitrogens with zero attached hydrogens (tertiary/aromatic N) is 2. The van der Waals surface area contributed by atoms with Crippen molar-refractivity contribution in [2.45, 2.75) is 56.7 Å². The Morgan fingerprint density at radius 1 is 1.14 bits per heavy atom. The maximum atomic E-state index is 6.89. The summed E-state index contributed by atoms with van der Waals surface area (Å²) in [4.78, 5) is 4.90. The van der Waals surface area contributed by atoms with Crippen LogP contribution in [-0.4, -0.2) is 67.8 Å². The molecule has 4 nitrogen and oxygen atoms in total. The quantitative estimate of drug-likeness (QED) is 0.835. The van der Waals surface area contributed by atoms with Gasteiger partial charge < -0.3 is 20.3 Å². The van der Waals surface area contributed by atoms with E-state index in [1.165, 1.54) is 19.3 Å². The Bertz CT molecular complexity index is 405. The first-order valence-corrected chi connectivity index (χ1v) is 8.49. The largest absolute Gasteiger partial charge is 0.377 e. The van der Waals surface area contributed by atoms with Crippen molar-refractivity contribution in [1.29, 1.82) is 0 Å². The molecular formula is C17H33N3O. The van der Waals surface area contributed by atoms with Gasteiger partial charge in [0.25, 0.3) is 0 Å². The van der Waals surface area contributed by atoms with E-state index in [4.69, 9.17) is 10.5 Å². The molecule has 3 aliphatic rings. The molecule has 1 heterocycles. The van der Waals surface area contributed by atoms with E-state index in [1.807, 2.05) is 0 Å². The van der Waals surface area contributed by atoms with Crippen LogP contribution in [0.25, 0.3) is 0 Å². The van der Waals surface area contributed by atoms with E-state index in [2.05, 4.69) is 44.8 Å². The Morgan fingerprint density at radius 3 is 2.33 bits per heavy atom. The van der Waals surface area contributed by atoms with Crippen LogP contribution in [0.5, 0.6) is 0 Å². The zero-order valence-electron chi connectivity index (χ0n) is 14.5. The third kappa shape index (κ3) is 2.10. The van der Waals surface area contributed by atoms with Gasteiger partial charge in [0.2, 0.25) is 0 Å². The molecule has 3 unspecified atom stereocenters. The van der Waals surface area contributed by atoms with Gasteiger partial charge in [0.1, 0.15) is 0 Å². The fourth-order valence-corrected chi connectivity index (χ4v) is 5.13. The Hall–Kier alpha value is -0.160. The van der Waals surface area contributed by atoms with Crippen molar-refractivity contribution in [1.82, 2.24) is 9.80 Å². The molecule has 3 atom stereocenters. The second-order valence-electron chi connectivity index (χ2n) is 8.59. The monoisotopic (exact) mass is 295 g/mol. The molecule has 4 heteroatoms. The summed E-state index contributed by atoms with van der Waals surface area (Å²) in [6, 6.07) is 0. The van der Waals surface area contributed by atoms with Crippen molar-refractivity contribution < 1.29 is 4.74 Å². The Morgan fingerprint density at radius 2 is 1.81 bits per heavy atom. The van der Waals surface area contributed by atoms with Gasteiger partial charge in [-0.25, -0.2) is 0 Å². The molecule has 2 saturated carbocycles. The normalized spacial score (nSPS) is 40.0. The van der Waals surface area contributed by atoms with Crippen LogP contribution < -0.4 is 5.73 Å². The van der Waals surface area contributed by atoms with Crippen molar-refractivity contribution >= 4 is 0 Å². The summed E-state index contributed by atoms with van der Waals surface area (Å²) in [7, 11) is 6.69. The highest BCUT2D eigenvalue weighted by atomic mass is 16.5. The van der Waals surface area contributed by atoms with E-state index in [0.717, 1.165) is 26.1 Å².